The lowest BCUT2D eigenvalue weighted by molar-refractivity contribution is -0.151. The lowest BCUT2D eigenvalue weighted by atomic mass is 10.2. The zero-order valence-electron chi connectivity index (χ0n) is 15.3. The van der Waals surface area contributed by atoms with Crippen LogP contribution in [0.1, 0.15) is 25.0 Å². The van der Waals surface area contributed by atoms with Gasteiger partial charge in [-0.3, -0.25) is 9.59 Å². The molecule has 6 heteroatoms. The Bertz CT molecular complexity index is 817. The molecule has 2 N–H and O–H groups in total. The summed E-state index contributed by atoms with van der Waals surface area (Å²) < 4.78 is 5.20. The summed E-state index contributed by atoms with van der Waals surface area (Å²) in [5.41, 5.74) is 1.63. The second-order valence-corrected chi connectivity index (χ2v) is 5.90. The Morgan fingerprint density at radius 3 is 2.19 bits per heavy atom. The van der Waals surface area contributed by atoms with Gasteiger partial charge in [-0.2, -0.15) is 0 Å². The average Bonchev–Trinajstić information content (AvgIpc) is 2.66. The minimum Gasteiger partial charge on any atom is -0.448 e. The van der Waals surface area contributed by atoms with Crippen molar-refractivity contribution >= 4 is 23.9 Å². The van der Waals surface area contributed by atoms with Gasteiger partial charge in [-0.1, -0.05) is 60.7 Å². The van der Waals surface area contributed by atoms with Gasteiger partial charge in [0.15, 0.2) is 6.10 Å². The van der Waals surface area contributed by atoms with Crippen molar-refractivity contribution in [1.82, 2.24) is 10.6 Å². The average molecular weight is 366 g/mol. The molecule has 6 nitrogen and oxygen atoms in total. The summed E-state index contributed by atoms with van der Waals surface area (Å²) in [6.45, 7) is 3.11. The first-order chi connectivity index (χ1) is 13.0. The predicted molar refractivity (Wildman–Crippen MR) is 102 cm³/mol. The maximum absolute atomic E-state index is 12.4. The minimum atomic E-state index is -1.01. The van der Waals surface area contributed by atoms with Crippen molar-refractivity contribution in [3.05, 3.63) is 77.5 Å². The lowest BCUT2D eigenvalue weighted by Crippen LogP contribution is -2.37. The lowest BCUT2D eigenvalue weighted by Gasteiger charge is -2.15. The van der Waals surface area contributed by atoms with E-state index in [2.05, 4.69) is 10.6 Å². The summed E-state index contributed by atoms with van der Waals surface area (Å²) in [7, 11) is 0. The number of esters is 1. The Kier molecular flexibility index (Phi) is 7.31. The molecule has 1 atom stereocenters. The first-order valence-corrected chi connectivity index (χ1v) is 8.52. The third-order valence-electron chi connectivity index (χ3n) is 3.60. The van der Waals surface area contributed by atoms with Gasteiger partial charge in [0.2, 0.25) is 5.91 Å². The third-order valence-corrected chi connectivity index (χ3v) is 3.60. The van der Waals surface area contributed by atoms with Crippen LogP contribution in [0.15, 0.2) is 66.4 Å². The molecule has 2 aromatic rings. The van der Waals surface area contributed by atoms with Crippen LogP contribution < -0.4 is 10.6 Å². The van der Waals surface area contributed by atoms with Crippen molar-refractivity contribution < 1.29 is 19.1 Å². The normalized spacial score (nSPS) is 12.0. The van der Waals surface area contributed by atoms with E-state index < -0.39 is 23.9 Å². The fourth-order valence-corrected chi connectivity index (χ4v) is 2.26. The molecule has 0 unspecified atom stereocenters. The smallest absolute Gasteiger partial charge is 0.355 e. The number of carbonyl (C=O) groups excluding carboxylic acids is 3. The van der Waals surface area contributed by atoms with Crippen molar-refractivity contribution in [1.29, 1.82) is 0 Å². The molecule has 2 amide bonds. The monoisotopic (exact) mass is 366 g/mol. The molecule has 0 fully saturated rings. The largest absolute Gasteiger partial charge is 0.448 e. The molecule has 0 aliphatic heterocycles. The molecule has 0 spiro atoms. The van der Waals surface area contributed by atoms with E-state index >= 15 is 0 Å². The van der Waals surface area contributed by atoms with Gasteiger partial charge in [0.1, 0.15) is 5.70 Å². The second-order valence-electron chi connectivity index (χ2n) is 5.90. The van der Waals surface area contributed by atoms with E-state index in [0.29, 0.717) is 6.54 Å². The zero-order valence-corrected chi connectivity index (χ0v) is 15.3. The first-order valence-electron chi connectivity index (χ1n) is 8.52. The van der Waals surface area contributed by atoms with Crippen LogP contribution in [-0.4, -0.2) is 23.9 Å². The van der Waals surface area contributed by atoms with Gasteiger partial charge < -0.3 is 15.4 Å². The SMILES string of the molecule is CC(=O)N/C(=C\c1ccccc1)C(=O)O[C@H](C)C(=O)NCc1ccccc1. The summed E-state index contributed by atoms with van der Waals surface area (Å²) >= 11 is 0. The van der Waals surface area contributed by atoms with E-state index in [-0.39, 0.29) is 5.70 Å². The molecule has 0 aliphatic carbocycles. The van der Waals surface area contributed by atoms with Crippen molar-refractivity contribution in [3.63, 3.8) is 0 Å². The minimum absolute atomic E-state index is 0.0311. The molecule has 0 aromatic heterocycles. The number of benzene rings is 2. The highest BCUT2D eigenvalue weighted by Gasteiger charge is 2.21. The molecule has 0 heterocycles. The molecule has 0 saturated heterocycles. The van der Waals surface area contributed by atoms with Crippen molar-refractivity contribution in [2.45, 2.75) is 26.5 Å². The van der Waals surface area contributed by atoms with Gasteiger partial charge in [-0.25, -0.2) is 4.79 Å². The van der Waals surface area contributed by atoms with E-state index in [1.807, 2.05) is 48.5 Å². The molecule has 0 aliphatic rings. The number of nitrogens with one attached hydrogen (secondary N) is 2. The molecule has 0 saturated carbocycles. The highest BCUT2D eigenvalue weighted by Crippen LogP contribution is 2.08. The Balaban J connectivity index is 1.99. The zero-order chi connectivity index (χ0) is 19.6. The van der Waals surface area contributed by atoms with Gasteiger partial charge in [0.05, 0.1) is 0 Å². The third kappa shape index (κ3) is 6.78. The van der Waals surface area contributed by atoms with E-state index in [0.717, 1.165) is 11.1 Å². The molecule has 140 valence electrons. The number of ether oxygens (including phenoxy) is 1. The van der Waals surface area contributed by atoms with Crippen LogP contribution in [0.2, 0.25) is 0 Å². The van der Waals surface area contributed by atoms with Gasteiger partial charge in [0, 0.05) is 13.5 Å². The van der Waals surface area contributed by atoms with Crippen LogP contribution in [0.3, 0.4) is 0 Å². The Morgan fingerprint density at radius 1 is 1.00 bits per heavy atom. The van der Waals surface area contributed by atoms with Crippen molar-refractivity contribution in [2.75, 3.05) is 0 Å². The molecule has 0 bridgehead atoms. The summed E-state index contributed by atoms with van der Waals surface area (Å²) in [5.74, 6) is -1.61. The quantitative estimate of drug-likeness (QED) is 0.582. The fourth-order valence-electron chi connectivity index (χ4n) is 2.26. The maximum Gasteiger partial charge on any atom is 0.355 e. The summed E-state index contributed by atoms with van der Waals surface area (Å²) in [4.78, 5) is 35.9. The molecule has 0 radical (unpaired) electrons. The molecule has 2 rings (SSSR count). The second kappa shape index (κ2) is 9.91. The van der Waals surface area contributed by atoms with Crippen LogP contribution in [0, 0.1) is 0 Å². The number of carbonyl (C=O) groups is 3. The Hall–Kier alpha value is -3.41. The van der Waals surface area contributed by atoms with E-state index in [4.69, 9.17) is 4.74 Å². The number of amides is 2. The van der Waals surface area contributed by atoms with E-state index in [1.54, 1.807) is 12.1 Å². The first kappa shape index (κ1) is 19.9. The Morgan fingerprint density at radius 2 is 1.59 bits per heavy atom. The van der Waals surface area contributed by atoms with Crippen LogP contribution >= 0.6 is 0 Å². The standard InChI is InChI=1S/C21H22N2O4/c1-15(20(25)22-14-18-11-7-4-8-12-18)27-21(26)19(23-16(2)24)13-17-9-5-3-6-10-17/h3-13,15H,14H2,1-2H3,(H,22,25)(H,23,24)/b19-13-/t15-/m1/s1. The number of hydrogen-bond acceptors (Lipinski definition) is 4. The van der Waals surface area contributed by atoms with Crippen molar-refractivity contribution in [2.24, 2.45) is 0 Å². The van der Waals surface area contributed by atoms with Gasteiger partial charge in [0.25, 0.3) is 5.91 Å². The van der Waals surface area contributed by atoms with Gasteiger partial charge in [-0.15, -0.1) is 0 Å². The summed E-state index contributed by atoms with van der Waals surface area (Å²) in [6, 6.07) is 18.4. The van der Waals surface area contributed by atoms with Gasteiger partial charge >= 0.3 is 5.97 Å². The van der Waals surface area contributed by atoms with Crippen LogP contribution in [0.25, 0.3) is 6.08 Å². The van der Waals surface area contributed by atoms with Crippen LogP contribution in [0.5, 0.6) is 0 Å². The van der Waals surface area contributed by atoms with E-state index in [9.17, 15) is 14.4 Å². The van der Waals surface area contributed by atoms with E-state index in [1.165, 1.54) is 19.9 Å². The van der Waals surface area contributed by atoms with Gasteiger partial charge in [-0.05, 0) is 24.1 Å². The highest BCUT2D eigenvalue weighted by atomic mass is 16.5. The topological polar surface area (TPSA) is 84.5 Å². The molecular formula is C21H22N2O4. The van der Waals surface area contributed by atoms with Crippen LogP contribution in [0.4, 0.5) is 0 Å². The fraction of sp³-hybridized carbons (Fsp3) is 0.190. The van der Waals surface area contributed by atoms with Crippen LogP contribution in [-0.2, 0) is 25.7 Å². The molecule has 27 heavy (non-hydrogen) atoms. The molecular weight excluding hydrogens is 344 g/mol. The summed E-state index contributed by atoms with van der Waals surface area (Å²) in [5, 5.41) is 5.16. The Labute approximate surface area is 158 Å². The van der Waals surface area contributed by atoms with Crippen molar-refractivity contribution in [3.8, 4) is 0 Å². The molecule has 2 aromatic carbocycles. The summed E-state index contributed by atoms with van der Waals surface area (Å²) in [6.07, 6.45) is 0.493. The highest BCUT2D eigenvalue weighted by molar-refractivity contribution is 5.98. The maximum atomic E-state index is 12.4. The number of rotatable bonds is 7. The number of hydrogen-bond donors (Lipinski definition) is 2. The predicted octanol–water partition coefficient (Wildman–Crippen LogP) is 2.41.